The Morgan fingerprint density at radius 3 is 2.39 bits per heavy atom. The molecule has 0 aromatic heterocycles. The predicted molar refractivity (Wildman–Crippen MR) is 95.0 cm³/mol. The van der Waals surface area contributed by atoms with E-state index in [1.54, 1.807) is 13.0 Å². The lowest BCUT2D eigenvalue weighted by atomic mass is 9.88. The van der Waals surface area contributed by atoms with E-state index in [4.69, 9.17) is 4.74 Å². The molecule has 2 aromatic rings. The van der Waals surface area contributed by atoms with E-state index in [0.29, 0.717) is 22.9 Å². The second-order valence-electron chi connectivity index (χ2n) is 5.39. The third-order valence-corrected chi connectivity index (χ3v) is 4.40. The Kier molecular flexibility index (Phi) is 5.97. The maximum atomic E-state index is 12.3. The van der Waals surface area contributed by atoms with Gasteiger partial charge in [0.05, 0.1) is 6.61 Å². The van der Waals surface area contributed by atoms with Crippen molar-refractivity contribution in [2.75, 3.05) is 6.61 Å². The molecule has 0 heterocycles. The Labute approximate surface area is 145 Å². The second-order valence-corrected chi connectivity index (χ2v) is 6.25. The minimum atomic E-state index is -1.63. The highest BCUT2D eigenvalue weighted by Gasteiger charge is 2.40. The van der Waals surface area contributed by atoms with Crippen molar-refractivity contribution in [2.45, 2.75) is 32.3 Å². The molecule has 3 nitrogen and oxygen atoms in total. The molecule has 2 rings (SSSR count). The third kappa shape index (κ3) is 3.82. The summed E-state index contributed by atoms with van der Waals surface area (Å²) in [6.45, 7) is 3.90. The third-order valence-electron chi connectivity index (χ3n) is 3.75. The van der Waals surface area contributed by atoms with Crippen LogP contribution in [0.3, 0.4) is 0 Å². The quantitative estimate of drug-likeness (QED) is 0.745. The van der Waals surface area contributed by atoms with Crippen molar-refractivity contribution in [1.82, 2.24) is 0 Å². The first-order chi connectivity index (χ1) is 11.0. The normalized spacial score (nSPS) is 13.4. The molecule has 0 saturated carbocycles. The smallest absolute Gasteiger partial charge is 0.342 e. The van der Waals surface area contributed by atoms with Crippen LogP contribution < -0.4 is 0 Å². The molecule has 0 fully saturated rings. The van der Waals surface area contributed by atoms with E-state index in [0.717, 1.165) is 11.1 Å². The van der Waals surface area contributed by atoms with E-state index in [1.165, 1.54) is 0 Å². The van der Waals surface area contributed by atoms with Gasteiger partial charge in [0.1, 0.15) is 0 Å². The maximum Gasteiger partial charge on any atom is 0.342 e. The number of hydrogen-bond donors (Lipinski definition) is 1. The summed E-state index contributed by atoms with van der Waals surface area (Å²) in [5.74, 6) is -0.602. The van der Waals surface area contributed by atoms with Gasteiger partial charge in [-0.2, -0.15) is 0 Å². The second kappa shape index (κ2) is 7.75. The van der Waals surface area contributed by atoms with Gasteiger partial charge in [0.2, 0.25) is 0 Å². The van der Waals surface area contributed by atoms with Crippen molar-refractivity contribution >= 4 is 21.9 Å². The van der Waals surface area contributed by atoms with E-state index < -0.39 is 11.6 Å². The first kappa shape index (κ1) is 17.7. The largest absolute Gasteiger partial charge is 0.464 e. The Balaban J connectivity index is 2.43. The molecule has 0 bridgehead atoms. The van der Waals surface area contributed by atoms with Crippen LogP contribution in [0.25, 0.3) is 11.1 Å². The van der Waals surface area contributed by atoms with Crippen LogP contribution in [0.5, 0.6) is 0 Å². The fraction of sp³-hybridized carbons (Fsp3) is 0.316. The highest BCUT2D eigenvalue weighted by atomic mass is 79.9. The fourth-order valence-electron chi connectivity index (χ4n) is 2.62. The number of rotatable bonds is 6. The van der Waals surface area contributed by atoms with Crippen molar-refractivity contribution in [3.63, 3.8) is 0 Å². The number of halogens is 1. The molecule has 1 unspecified atom stereocenters. The van der Waals surface area contributed by atoms with E-state index in [1.807, 2.05) is 49.4 Å². The Hall–Kier alpha value is -1.65. The first-order valence-corrected chi connectivity index (χ1v) is 8.57. The van der Waals surface area contributed by atoms with Crippen LogP contribution in [0.4, 0.5) is 0 Å². The minimum absolute atomic E-state index is 0.241. The molecule has 0 aliphatic heterocycles. The summed E-state index contributed by atoms with van der Waals surface area (Å²) in [6, 6.07) is 15.6. The highest BCUT2D eigenvalue weighted by molar-refractivity contribution is 9.10. The van der Waals surface area contributed by atoms with Gasteiger partial charge >= 0.3 is 5.97 Å². The number of ether oxygens (including phenoxy) is 1. The van der Waals surface area contributed by atoms with Gasteiger partial charge < -0.3 is 9.84 Å². The lowest BCUT2D eigenvalue weighted by molar-refractivity contribution is -0.167. The zero-order valence-corrected chi connectivity index (χ0v) is 15.0. The molecular weight excluding hydrogens is 356 g/mol. The van der Waals surface area contributed by atoms with Crippen molar-refractivity contribution in [3.8, 4) is 11.1 Å². The average molecular weight is 377 g/mol. The summed E-state index contributed by atoms with van der Waals surface area (Å²) in [5.41, 5.74) is 1.01. The fourth-order valence-corrected chi connectivity index (χ4v) is 3.33. The number of esters is 1. The van der Waals surface area contributed by atoms with Gasteiger partial charge in [-0.25, -0.2) is 4.79 Å². The van der Waals surface area contributed by atoms with Crippen molar-refractivity contribution < 1.29 is 14.6 Å². The standard InChI is InChI=1S/C19H21BrO3/c1-3-12-19(22,18(21)23-4-2)16-11-10-15(13-17(16)20)14-8-6-5-7-9-14/h5-11,13,22H,3-4,12H2,1-2H3. The molecule has 0 amide bonds. The molecule has 4 heteroatoms. The van der Waals surface area contributed by atoms with Gasteiger partial charge in [-0.05, 0) is 30.5 Å². The molecule has 0 radical (unpaired) electrons. The van der Waals surface area contributed by atoms with Gasteiger partial charge in [-0.1, -0.05) is 71.7 Å². The minimum Gasteiger partial charge on any atom is -0.464 e. The van der Waals surface area contributed by atoms with E-state index >= 15 is 0 Å². The van der Waals surface area contributed by atoms with Crippen molar-refractivity contribution in [2.24, 2.45) is 0 Å². The molecule has 1 N–H and O–H groups in total. The molecular formula is C19H21BrO3. The van der Waals surface area contributed by atoms with Crippen LogP contribution >= 0.6 is 15.9 Å². The molecule has 1 atom stereocenters. The van der Waals surface area contributed by atoms with Crippen LogP contribution in [0.15, 0.2) is 53.0 Å². The van der Waals surface area contributed by atoms with Gasteiger partial charge in [0.15, 0.2) is 5.60 Å². The van der Waals surface area contributed by atoms with Crippen molar-refractivity contribution in [1.29, 1.82) is 0 Å². The SMILES string of the molecule is CCCC(O)(C(=O)OCC)c1ccc(-c2ccccc2)cc1Br. The zero-order chi connectivity index (χ0) is 16.9. The molecule has 2 aromatic carbocycles. The zero-order valence-electron chi connectivity index (χ0n) is 13.4. The summed E-state index contributed by atoms with van der Waals surface area (Å²) in [5, 5.41) is 10.9. The summed E-state index contributed by atoms with van der Waals surface area (Å²) >= 11 is 3.50. The van der Waals surface area contributed by atoms with Gasteiger partial charge in [-0.15, -0.1) is 0 Å². The summed E-state index contributed by atoms with van der Waals surface area (Å²) in [4.78, 5) is 12.3. The first-order valence-electron chi connectivity index (χ1n) is 7.78. The molecule has 0 spiro atoms. The highest BCUT2D eigenvalue weighted by Crippen LogP contribution is 2.36. The van der Waals surface area contributed by atoms with Crippen LogP contribution in [0.1, 0.15) is 32.3 Å². The summed E-state index contributed by atoms with van der Waals surface area (Å²) in [6.07, 6.45) is 0.983. The number of carbonyl (C=O) groups is 1. The summed E-state index contributed by atoms with van der Waals surface area (Å²) < 4.78 is 5.77. The number of carbonyl (C=O) groups excluding carboxylic acids is 1. The number of benzene rings is 2. The summed E-state index contributed by atoms with van der Waals surface area (Å²) in [7, 11) is 0. The van der Waals surface area contributed by atoms with Crippen LogP contribution in [-0.2, 0) is 15.1 Å². The molecule has 23 heavy (non-hydrogen) atoms. The lowest BCUT2D eigenvalue weighted by Gasteiger charge is -2.27. The van der Waals surface area contributed by atoms with Crippen LogP contribution in [0.2, 0.25) is 0 Å². The van der Waals surface area contributed by atoms with E-state index in [-0.39, 0.29) is 6.61 Å². The van der Waals surface area contributed by atoms with E-state index in [2.05, 4.69) is 15.9 Å². The topological polar surface area (TPSA) is 46.5 Å². The van der Waals surface area contributed by atoms with E-state index in [9.17, 15) is 9.90 Å². The van der Waals surface area contributed by atoms with Crippen molar-refractivity contribution in [3.05, 3.63) is 58.6 Å². The average Bonchev–Trinajstić information content (AvgIpc) is 2.56. The van der Waals surface area contributed by atoms with Gasteiger partial charge in [0, 0.05) is 10.0 Å². The predicted octanol–water partition coefficient (Wildman–Crippen LogP) is 4.67. The monoisotopic (exact) mass is 376 g/mol. The van der Waals surface area contributed by atoms with Gasteiger partial charge in [0.25, 0.3) is 0 Å². The van der Waals surface area contributed by atoms with Gasteiger partial charge in [-0.3, -0.25) is 0 Å². The Bertz CT molecular complexity index is 670. The Morgan fingerprint density at radius 1 is 1.13 bits per heavy atom. The molecule has 122 valence electrons. The van der Waals surface area contributed by atoms with Crippen LogP contribution in [0, 0.1) is 0 Å². The number of hydrogen-bond acceptors (Lipinski definition) is 3. The molecule has 0 saturated heterocycles. The van der Waals surface area contributed by atoms with Crippen LogP contribution in [-0.4, -0.2) is 17.7 Å². The maximum absolute atomic E-state index is 12.3. The lowest BCUT2D eigenvalue weighted by Crippen LogP contribution is -2.37. The Morgan fingerprint density at radius 2 is 1.83 bits per heavy atom. The number of aliphatic hydroxyl groups is 1. The molecule has 0 aliphatic carbocycles. The molecule has 0 aliphatic rings.